The first-order valence-electron chi connectivity index (χ1n) is 6.52. The van der Waals surface area contributed by atoms with Gasteiger partial charge in [-0.3, -0.25) is 0 Å². The largest absolute Gasteiger partial charge is 0.389 e. The highest BCUT2D eigenvalue weighted by Gasteiger charge is 2.20. The van der Waals surface area contributed by atoms with Crippen molar-refractivity contribution >= 4 is 21.4 Å². The zero-order chi connectivity index (χ0) is 15.6. The number of hydrogen-bond acceptors (Lipinski definition) is 5. The molecule has 2 N–H and O–H groups in total. The second-order valence-corrected chi connectivity index (χ2v) is 7.88. The van der Waals surface area contributed by atoms with Crippen molar-refractivity contribution in [3.8, 4) is 0 Å². The van der Waals surface area contributed by atoms with Gasteiger partial charge in [0.1, 0.15) is 5.01 Å². The normalized spacial score (nSPS) is 14.9. The van der Waals surface area contributed by atoms with Crippen LogP contribution < -0.4 is 4.72 Å². The Bertz CT molecular complexity index is 706. The van der Waals surface area contributed by atoms with Crippen molar-refractivity contribution in [2.45, 2.75) is 37.8 Å². The maximum absolute atomic E-state index is 12.3. The fourth-order valence-electron chi connectivity index (χ4n) is 1.85. The lowest BCUT2D eigenvalue weighted by Gasteiger charge is -2.12. The highest BCUT2D eigenvalue weighted by atomic mass is 32.2. The van der Waals surface area contributed by atoms with Crippen molar-refractivity contribution < 1.29 is 13.5 Å². The molecule has 0 aliphatic rings. The third-order valence-corrected chi connectivity index (χ3v) is 5.67. The number of thiazole rings is 1. The Kier molecular flexibility index (Phi) is 4.77. The zero-order valence-electron chi connectivity index (χ0n) is 12.1. The van der Waals surface area contributed by atoms with E-state index in [0.29, 0.717) is 5.56 Å². The monoisotopic (exact) mass is 326 g/mol. The number of aliphatic hydroxyl groups is 1. The van der Waals surface area contributed by atoms with Crippen LogP contribution in [0, 0.1) is 6.92 Å². The van der Waals surface area contributed by atoms with E-state index in [9.17, 15) is 13.5 Å². The molecule has 0 aliphatic heterocycles. The van der Waals surface area contributed by atoms with Crippen LogP contribution in [-0.4, -0.2) is 18.5 Å². The van der Waals surface area contributed by atoms with Gasteiger partial charge in [0.25, 0.3) is 0 Å². The van der Waals surface area contributed by atoms with Crippen LogP contribution in [0.3, 0.4) is 0 Å². The van der Waals surface area contributed by atoms with Crippen molar-refractivity contribution in [3.05, 3.63) is 45.9 Å². The zero-order valence-corrected chi connectivity index (χ0v) is 13.7. The molecular weight excluding hydrogens is 308 g/mol. The molecule has 0 amide bonds. The lowest BCUT2D eigenvalue weighted by atomic mass is 10.1. The second kappa shape index (κ2) is 6.23. The maximum atomic E-state index is 12.3. The average molecular weight is 326 g/mol. The van der Waals surface area contributed by atoms with Crippen LogP contribution in [0.4, 0.5) is 0 Å². The first-order valence-corrected chi connectivity index (χ1v) is 8.82. The van der Waals surface area contributed by atoms with E-state index in [1.54, 1.807) is 32.2 Å². The summed E-state index contributed by atoms with van der Waals surface area (Å²) in [5, 5.41) is 10.2. The SMILES string of the molecule is Cc1cnc(C(C)NS(=O)(=O)c2ccc(C(C)O)cc2)s1. The van der Waals surface area contributed by atoms with E-state index in [2.05, 4.69) is 9.71 Å². The van der Waals surface area contributed by atoms with Crippen molar-refractivity contribution in [1.82, 2.24) is 9.71 Å². The molecule has 1 aromatic heterocycles. The fourth-order valence-corrected chi connectivity index (χ4v) is 3.91. The predicted molar refractivity (Wildman–Crippen MR) is 82.7 cm³/mol. The predicted octanol–water partition coefficient (Wildman–Crippen LogP) is 2.54. The number of aromatic nitrogens is 1. The van der Waals surface area contributed by atoms with Gasteiger partial charge in [-0.25, -0.2) is 18.1 Å². The standard InChI is InChI=1S/C14H18N2O3S2/c1-9-8-15-14(20-9)10(2)16-21(18,19)13-6-4-12(5-7-13)11(3)17/h4-8,10-11,16-17H,1-3H3. The molecule has 1 aromatic carbocycles. The van der Waals surface area contributed by atoms with Gasteiger partial charge in [0.05, 0.1) is 17.0 Å². The minimum absolute atomic E-state index is 0.173. The quantitative estimate of drug-likeness (QED) is 0.885. The Morgan fingerprint density at radius 1 is 1.24 bits per heavy atom. The van der Waals surface area contributed by atoms with Crippen LogP contribution in [0.2, 0.25) is 0 Å². The molecule has 0 radical (unpaired) electrons. The molecule has 0 saturated carbocycles. The number of sulfonamides is 1. The van der Waals surface area contributed by atoms with Crippen molar-refractivity contribution in [2.24, 2.45) is 0 Å². The van der Waals surface area contributed by atoms with Gasteiger partial charge in [0.15, 0.2) is 0 Å². The molecule has 0 saturated heterocycles. The lowest BCUT2D eigenvalue weighted by Crippen LogP contribution is -2.26. The molecule has 0 fully saturated rings. The fraction of sp³-hybridized carbons (Fsp3) is 0.357. The summed E-state index contributed by atoms with van der Waals surface area (Å²) in [4.78, 5) is 5.40. The van der Waals surface area contributed by atoms with Crippen LogP contribution in [0.15, 0.2) is 35.4 Å². The van der Waals surface area contributed by atoms with Gasteiger partial charge in [-0.1, -0.05) is 12.1 Å². The van der Waals surface area contributed by atoms with E-state index < -0.39 is 16.1 Å². The molecule has 2 aromatic rings. The number of benzene rings is 1. The minimum atomic E-state index is -3.61. The molecule has 114 valence electrons. The number of nitrogens with one attached hydrogen (secondary N) is 1. The third kappa shape index (κ3) is 3.88. The van der Waals surface area contributed by atoms with Crippen molar-refractivity contribution in [1.29, 1.82) is 0 Å². The van der Waals surface area contributed by atoms with Crippen molar-refractivity contribution in [3.63, 3.8) is 0 Å². The number of nitrogens with zero attached hydrogens (tertiary/aromatic N) is 1. The minimum Gasteiger partial charge on any atom is -0.389 e. The molecule has 0 bridgehead atoms. The summed E-state index contributed by atoms with van der Waals surface area (Å²) in [5.74, 6) is 0. The highest BCUT2D eigenvalue weighted by molar-refractivity contribution is 7.89. The summed E-state index contributed by atoms with van der Waals surface area (Å²) in [5.41, 5.74) is 0.678. The topological polar surface area (TPSA) is 79.3 Å². The summed E-state index contributed by atoms with van der Waals surface area (Å²) in [6.07, 6.45) is 1.11. The van der Waals surface area contributed by atoms with Crippen LogP contribution in [0.1, 0.15) is 41.4 Å². The number of aryl methyl sites for hydroxylation is 1. The van der Waals surface area contributed by atoms with E-state index in [1.807, 2.05) is 6.92 Å². The summed E-state index contributed by atoms with van der Waals surface area (Å²) in [6.45, 7) is 5.33. The van der Waals surface area contributed by atoms with Crippen LogP contribution in [0.5, 0.6) is 0 Å². The average Bonchev–Trinajstić information content (AvgIpc) is 2.85. The van der Waals surface area contributed by atoms with E-state index in [1.165, 1.54) is 23.5 Å². The number of hydrogen-bond donors (Lipinski definition) is 2. The van der Waals surface area contributed by atoms with Crippen LogP contribution in [0.25, 0.3) is 0 Å². The van der Waals surface area contributed by atoms with Crippen molar-refractivity contribution in [2.75, 3.05) is 0 Å². The molecule has 2 rings (SSSR count). The van der Waals surface area contributed by atoms with Crippen LogP contribution >= 0.6 is 11.3 Å². The smallest absolute Gasteiger partial charge is 0.241 e. The molecular formula is C14H18N2O3S2. The molecule has 1 heterocycles. The molecule has 5 nitrogen and oxygen atoms in total. The molecule has 7 heteroatoms. The van der Waals surface area contributed by atoms with Gasteiger partial charge in [-0.15, -0.1) is 11.3 Å². The first kappa shape index (κ1) is 16.1. The summed E-state index contributed by atoms with van der Waals surface area (Å²) >= 11 is 1.47. The molecule has 0 aliphatic carbocycles. The van der Waals surface area contributed by atoms with E-state index in [0.717, 1.165) is 9.88 Å². The Balaban J connectivity index is 2.18. The molecule has 2 atom stereocenters. The van der Waals surface area contributed by atoms with Gasteiger partial charge >= 0.3 is 0 Å². The molecule has 2 unspecified atom stereocenters. The van der Waals surface area contributed by atoms with Gasteiger partial charge in [-0.05, 0) is 38.5 Å². The first-order chi connectivity index (χ1) is 9.79. The summed E-state index contributed by atoms with van der Waals surface area (Å²) in [6, 6.07) is 5.81. The third-order valence-electron chi connectivity index (χ3n) is 3.01. The van der Waals surface area contributed by atoms with Gasteiger partial charge in [0, 0.05) is 11.1 Å². The Hall–Kier alpha value is -1.28. The summed E-state index contributed by atoms with van der Waals surface area (Å²) < 4.78 is 27.2. The molecule has 21 heavy (non-hydrogen) atoms. The van der Waals surface area contributed by atoms with E-state index in [4.69, 9.17) is 0 Å². The van der Waals surface area contributed by atoms with Crippen LogP contribution in [-0.2, 0) is 10.0 Å². The van der Waals surface area contributed by atoms with E-state index in [-0.39, 0.29) is 10.9 Å². The Labute approximate surface area is 128 Å². The van der Waals surface area contributed by atoms with E-state index >= 15 is 0 Å². The number of rotatable bonds is 5. The number of aliphatic hydroxyl groups excluding tert-OH is 1. The lowest BCUT2D eigenvalue weighted by molar-refractivity contribution is 0.199. The Morgan fingerprint density at radius 3 is 2.33 bits per heavy atom. The van der Waals surface area contributed by atoms with Gasteiger partial charge in [-0.2, -0.15) is 0 Å². The highest BCUT2D eigenvalue weighted by Crippen LogP contribution is 2.22. The molecule has 0 spiro atoms. The maximum Gasteiger partial charge on any atom is 0.241 e. The Morgan fingerprint density at radius 2 is 1.86 bits per heavy atom. The van der Waals surface area contributed by atoms with Gasteiger partial charge < -0.3 is 5.11 Å². The van der Waals surface area contributed by atoms with Gasteiger partial charge in [0.2, 0.25) is 10.0 Å². The summed E-state index contributed by atoms with van der Waals surface area (Å²) in [7, 11) is -3.61. The second-order valence-electron chi connectivity index (χ2n) is 4.90.